The molecule has 1 rings (SSSR count). The lowest BCUT2D eigenvalue weighted by atomic mass is 10.2. The average Bonchev–Trinajstić information content (AvgIpc) is 2.18. The zero-order chi connectivity index (χ0) is 9.19. The van der Waals surface area contributed by atoms with E-state index in [2.05, 4.69) is 23.6 Å². The van der Waals surface area contributed by atoms with Gasteiger partial charge in [0.25, 0.3) is 0 Å². The Labute approximate surface area is 96.0 Å². The van der Waals surface area contributed by atoms with Crippen molar-refractivity contribution < 1.29 is 0 Å². The van der Waals surface area contributed by atoms with Crippen molar-refractivity contribution >= 4 is 41.2 Å². The van der Waals surface area contributed by atoms with Crippen LogP contribution < -0.4 is 0 Å². The summed E-state index contributed by atoms with van der Waals surface area (Å²) >= 11 is 0. The smallest absolute Gasteiger partial charge is 0.00454 e. The molecular formula is C9H14S4. The monoisotopic (exact) mass is 250 g/mol. The van der Waals surface area contributed by atoms with E-state index in [4.69, 9.17) is 0 Å². The second-order valence-corrected chi connectivity index (χ2v) is 8.59. The minimum atomic E-state index is 1.24. The molecule has 0 atom stereocenters. The fourth-order valence-corrected chi connectivity index (χ4v) is 6.30. The van der Waals surface area contributed by atoms with Crippen LogP contribution in [0.2, 0.25) is 0 Å². The van der Waals surface area contributed by atoms with Gasteiger partial charge in [-0.2, -0.15) is 0 Å². The Hall–Kier alpha value is 0.880. The van der Waals surface area contributed by atoms with Crippen LogP contribution in [0.15, 0.2) is 23.6 Å². The lowest BCUT2D eigenvalue weighted by Crippen LogP contribution is -1.77. The van der Waals surface area contributed by atoms with Gasteiger partial charge in [-0.05, 0) is 44.3 Å². The largest absolute Gasteiger partial charge is 0.0845 e. The zero-order valence-corrected chi connectivity index (χ0v) is 10.7. The second kappa shape index (κ2) is 9.44. The summed E-state index contributed by atoms with van der Waals surface area (Å²) in [5.74, 6) is 1.30. The van der Waals surface area contributed by atoms with Crippen LogP contribution in [0.3, 0.4) is 0 Å². The Bertz CT molecular complexity index is 147. The summed E-state index contributed by atoms with van der Waals surface area (Å²) in [6.45, 7) is 0. The summed E-state index contributed by atoms with van der Waals surface area (Å²) in [7, 11) is 7.53. The molecule has 0 N–H and O–H groups in total. The molecule has 4 heteroatoms. The Kier molecular flexibility index (Phi) is 8.67. The van der Waals surface area contributed by atoms with Crippen LogP contribution >= 0.6 is 41.2 Å². The first-order valence-corrected chi connectivity index (χ1v) is 9.48. The molecule has 0 aromatic rings. The maximum atomic E-state index is 2.26. The van der Waals surface area contributed by atoms with Crippen LogP contribution in [0.1, 0.15) is 25.7 Å². The topological polar surface area (TPSA) is 0 Å². The van der Waals surface area contributed by atoms with Gasteiger partial charge in [-0.15, -0.1) is 0 Å². The van der Waals surface area contributed by atoms with E-state index in [0.717, 1.165) is 0 Å². The van der Waals surface area contributed by atoms with E-state index in [1.165, 1.54) is 31.4 Å². The summed E-state index contributed by atoms with van der Waals surface area (Å²) in [6, 6.07) is 0. The molecule has 13 heavy (non-hydrogen) atoms. The Morgan fingerprint density at radius 2 is 1.92 bits per heavy atom. The molecule has 74 valence electrons. The van der Waals surface area contributed by atoms with Crippen molar-refractivity contribution in [3.8, 4) is 0 Å². The molecule has 0 fully saturated rings. The molecule has 0 saturated heterocycles. The molecule has 0 spiro atoms. The first-order valence-electron chi connectivity index (χ1n) is 4.43. The van der Waals surface area contributed by atoms with Gasteiger partial charge in [-0.1, -0.05) is 46.2 Å². The SMILES string of the molecule is C1=CCCCCCSSSSC=C1. The molecule has 0 aliphatic carbocycles. The molecule has 1 heterocycles. The summed E-state index contributed by atoms with van der Waals surface area (Å²) in [5.41, 5.74) is 0. The van der Waals surface area contributed by atoms with Gasteiger partial charge in [-0.25, -0.2) is 0 Å². The van der Waals surface area contributed by atoms with Crippen molar-refractivity contribution in [2.24, 2.45) is 0 Å². The van der Waals surface area contributed by atoms with Gasteiger partial charge in [0, 0.05) is 5.75 Å². The van der Waals surface area contributed by atoms with Crippen molar-refractivity contribution in [2.75, 3.05) is 5.75 Å². The molecule has 0 unspecified atom stereocenters. The van der Waals surface area contributed by atoms with E-state index in [0.29, 0.717) is 0 Å². The van der Waals surface area contributed by atoms with Crippen LogP contribution in [0.25, 0.3) is 0 Å². The van der Waals surface area contributed by atoms with E-state index >= 15 is 0 Å². The maximum absolute atomic E-state index is 2.26. The highest BCUT2D eigenvalue weighted by molar-refractivity contribution is 9.26. The van der Waals surface area contributed by atoms with Crippen LogP contribution in [-0.2, 0) is 0 Å². The van der Waals surface area contributed by atoms with E-state index < -0.39 is 0 Å². The van der Waals surface area contributed by atoms with Crippen molar-refractivity contribution in [1.29, 1.82) is 0 Å². The summed E-state index contributed by atoms with van der Waals surface area (Å²) in [5, 5.41) is 2.15. The van der Waals surface area contributed by atoms with Gasteiger partial charge in [0.2, 0.25) is 0 Å². The summed E-state index contributed by atoms with van der Waals surface area (Å²) < 4.78 is 0. The maximum Gasteiger partial charge on any atom is 0.00454 e. The number of hydrogen-bond donors (Lipinski definition) is 0. The fraction of sp³-hybridized carbons (Fsp3) is 0.556. The van der Waals surface area contributed by atoms with E-state index in [9.17, 15) is 0 Å². The van der Waals surface area contributed by atoms with Gasteiger partial charge in [0.15, 0.2) is 0 Å². The van der Waals surface area contributed by atoms with E-state index in [-0.39, 0.29) is 0 Å². The van der Waals surface area contributed by atoms with Gasteiger partial charge in [0.1, 0.15) is 0 Å². The first-order chi connectivity index (χ1) is 6.50. The number of allylic oxidation sites excluding steroid dienone is 3. The molecule has 1 aliphatic rings. The Balaban J connectivity index is 2.18. The highest BCUT2D eigenvalue weighted by Crippen LogP contribution is 2.43. The zero-order valence-electron chi connectivity index (χ0n) is 7.48. The third kappa shape index (κ3) is 7.91. The Morgan fingerprint density at radius 1 is 0.923 bits per heavy atom. The van der Waals surface area contributed by atoms with Gasteiger partial charge in [0.05, 0.1) is 0 Å². The fourth-order valence-electron chi connectivity index (χ4n) is 0.945. The van der Waals surface area contributed by atoms with Crippen LogP contribution in [-0.4, -0.2) is 5.75 Å². The predicted octanol–water partition coefficient (Wildman–Crippen LogP) is 5.31. The van der Waals surface area contributed by atoms with Gasteiger partial charge in [-0.3, -0.25) is 0 Å². The highest BCUT2D eigenvalue weighted by atomic mass is 33.7. The van der Waals surface area contributed by atoms with Crippen LogP contribution in [0, 0.1) is 0 Å². The highest BCUT2D eigenvalue weighted by Gasteiger charge is 1.92. The molecule has 1 aliphatic heterocycles. The molecular weight excluding hydrogens is 236 g/mol. The lowest BCUT2D eigenvalue weighted by Gasteiger charge is -1.97. The van der Waals surface area contributed by atoms with E-state index in [1.54, 1.807) is 10.8 Å². The molecule has 0 nitrogen and oxygen atoms in total. The third-order valence-corrected chi connectivity index (χ3v) is 7.65. The minimum absolute atomic E-state index is 1.24. The molecule has 0 amide bonds. The van der Waals surface area contributed by atoms with E-state index in [1.807, 2.05) is 30.4 Å². The van der Waals surface area contributed by atoms with Crippen molar-refractivity contribution in [1.82, 2.24) is 0 Å². The average molecular weight is 250 g/mol. The van der Waals surface area contributed by atoms with Gasteiger partial charge < -0.3 is 0 Å². The van der Waals surface area contributed by atoms with Crippen molar-refractivity contribution in [3.05, 3.63) is 23.6 Å². The lowest BCUT2D eigenvalue weighted by molar-refractivity contribution is 0.735. The molecule has 0 saturated carbocycles. The quantitative estimate of drug-likeness (QED) is 0.534. The first kappa shape index (κ1) is 12.0. The standard InChI is InChI=1S/C9H14S4/c1-2-4-6-8-10-12-13-11-9-7-5-3-1/h2,4,6,8H,1,3,5,7,9H2. The second-order valence-electron chi connectivity index (χ2n) is 2.66. The molecule has 0 radical (unpaired) electrons. The minimum Gasteiger partial charge on any atom is -0.0845 e. The number of rotatable bonds is 0. The summed E-state index contributed by atoms with van der Waals surface area (Å²) in [4.78, 5) is 0. The van der Waals surface area contributed by atoms with Crippen molar-refractivity contribution in [3.63, 3.8) is 0 Å². The molecule has 0 aromatic carbocycles. The molecule has 0 aromatic heterocycles. The van der Waals surface area contributed by atoms with Crippen LogP contribution in [0.4, 0.5) is 0 Å². The third-order valence-electron chi connectivity index (χ3n) is 1.59. The normalized spacial score (nSPS) is 21.5. The molecule has 0 bridgehead atoms. The number of hydrogen-bond acceptors (Lipinski definition) is 4. The van der Waals surface area contributed by atoms with Gasteiger partial charge >= 0.3 is 0 Å². The Morgan fingerprint density at radius 3 is 2.92 bits per heavy atom. The summed E-state index contributed by atoms with van der Waals surface area (Å²) in [6.07, 6.45) is 11.9. The van der Waals surface area contributed by atoms with Crippen LogP contribution in [0.5, 0.6) is 0 Å². The predicted molar refractivity (Wildman–Crippen MR) is 72.0 cm³/mol. The van der Waals surface area contributed by atoms with Crippen molar-refractivity contribution in [2.45, 2.75) is 25.7 Å².